The first-order chi connectivity index (χ1) is 25.3. The highest BCUT2D eigenvalue weighted by Gasteiger charge is 2.27. The lowest BCUT2D eigenvalue weighted by Gasteiger charge is -2.18. The molecule has 0 radical (unpaired) electrons. The molecule has 0 saturated carbocycles. The number of hydrogen-bond acceptors (Lipinski definition) is 12. The van der Waals surface area contributed by atoms with E-state index >= 15 is 0 Å². The van der Waals surface area contributed by atoms with Crippen molar-refractivity contribution in [2.75, 3.05) is 0 Å². The monoisotopic (exact) mass is 868 g/mol. The summed E-state index contributed by atoms with van der Waals surface area (Å²) in [4.78, 5) is 0. The van der Waals surface area contributed by atoms with Gasteiger partial charge in [0.1, 0.15) is 0 Å². The number of hydrogen-bond donors (Lipinski definition) is 4. The molecule has 4 aromatic rings. The summed E-state index contributed by atoms with van der Waals surface area (Å²) in [5.41, 5.74) is 3.44. The number of nitrogens with zero attached hydrogens (tertiary/aromatic N) is 8. The molecule has 8 atom stereocenters. The highest BCUT2D eigenvalue weighted by atomic mass is 32.2. The lowest BCUT2D eigenvalue weighted by atomic mass is 10.2. The van der Waals surface area contributed by atoms with Gasteiger partial charge < -0.3 is 0 Å². The second-order valence-corrected chi connectivity index (χ2v) is 21.6. The summed E-state index contributed by atoms with van der Waals surface area (Å²) in [5, 5.41) is 34.2. The van der Waals surface area contributed by atoms with Crippen LogP contribution in [0.3, 0.4) is 0 Å². The molecule has 0 saturated heterocycles. The van der Waals surface area contributed by atoms with Gasteiger partial charge >= 0.3 is 0 Å². The predicted octanol–water partition coefficient (Wildman–Crippen LogP) is 1.72. The molecule has 4 aromatic heterocycles. The van der Waals surface area contributed by atoms with Gasteiger partial charge in [0.05, 0.1) is 67.9 Å². The fourth-order valence-electron chi connectivity index (χ4n) is 4.60. The largest absolute Gasteiger partial charge is 0.268 e. The Balaban J connectivity index is 0.000000373. The van der Waals surface area contributed by atoms with Crippen LogP contribution in [0.5, 0.6) is 0 Å². The molecule has 0 spiro atoms. The Morgan fingerprint density at radius 3 is 0.607 bits per heavy atom. The van der Waals surface area contributed by atoms with E-state index in [9.17, 15) is 33.7 Å². The fraction of sp³-hybridized carbons (Fsp3) is 0.625. The van der Waals surface area contributed by atoms with Crippen LogP contribution in [0.15, 0.2) is 49.1 Å². The molecule has 0 aromatic carbocycles. The van der Waals surface area contributed by atoms with E-state index in [-0.39, 0.29) is 24.2 Å². The normalized spacial score (nSPS) is 16.6. The van der Waals surface area contributed by atoms with Crippen LogP contribution in [0.4, 0.5) is 0 Å². The summed E-state index contributed by atoms with van der Waals surface area (Å²) >= 11 is 0. The standard InChI is InChI=1S/4C8H15N3O2S/c4*1-6-4-5-11(10-6)7(2)8(3)14(9,12)13/h4*4-5,7-8H,1-3H3,(H2,9,12,13)/t2*7-,8+;2*7-,8-/m1010/s1. The Morgan fingerprint density at radius 1 is 0.375 bits per heavy atom. The van der Waals surface area contributed by atoms with Crippen molar-refractivity contribution < 1.29 is 33.7 Å². The third-order valence-corrected chi connectivity index (χ3v) is 15.1. The van der Waals surface area contributed by atoms with E-state index in [4.69, 9.17) is 20.6 Å². The SMILES string of the molecule is Cc1ccn([C@@H](C)[C@@H](C)S(N)(=O)=O)n1.Cc1ccn([C@@H](C)[C@H](C)S(N)(=O)=O)n1.Cc1ccn([C@H](C)[C@@H](C)S(N)(=O)=O)n1.Cc1ccn([C@H](C)[C@H](C)S(N)(=O)=O)n1. The summed E-state index contributed by atoms with van der Waals surface area (Å²) in [6.45, 7) is 20.8. The first-order valence-electron chi connectivity index (χ1n) is 17.4. The van der Waals surface area contributed by atoms with Crippen LogP contribution in [-0.4, -0.2) is 93.8 Å². The van der Waals surface area contributed by atoms with E-state index in [0.717, 1.165) is 22.8 Å². The van der Waals surface area contributed by atoms with Crippen molar-refractivity contribution in [3.8, 4) is 0 Å². The number of primary sulfonamides is 4. The number of nitrogens with two attached hydrogens (primary N) is 4. The first-order valence-corrected chi connectivity index (χ1v) is 23.9. The van der Waals surface area contributed by atoms with Crippen molar-refractivity contribution in [3.63, 3.8) is 0 Å². The van der Waals surface area contributed by atoms with Crippen molar-refractivity contribution >= 4 is 40.1 Å². The molecule has 0 fully saturated rings. The van der Waals surface area contributed by atoms with Crippen LogP contribution in [0, 0.1) is 27.7 Å². The van der Waals surface area contributed by atoms with E-state index in [2.05, 4.69) is 20.4 Å². The highest BCUT2D eigenvalue weighted by Crippen LogP contribution is 2.18. The first kappa shape index (κ1) is 50.5. The molecule has 24 heteroatoms. The third kappa shape index (κ3) is 15.8. The molecule has 8 N–H and O–H groups in total. The third-order valence-electron chi connectivity index (χ3n) is 9.43. The summed E-state index contributed by atoms with van der Waals surface area (Å²) in [5.74, 6) is 0. The zero-order chi connectivity index (χ0) is 43.7. The summed E-state index contributed by atoms with van der Waals surface area (Å²) in [6, 6.07) is 6.30. The zero-order valence-electron chi connectivity index (χ0n) is 34.0. The van der Waals surface area contributed by atoms with Crippen molar-refractivity contribution in [3.05, 3.63) is 71.8 Å². The van der Waals surface area contributed by atoms with Crippen LogP contribution in [0.2, 0.25) is 0 Å². The summed E-state index contributed by atoms with van der Waals surface area (Å²) in [7, 11) is -14.0. The van der Waals surface area contributed by atoms with E-state index in [1.165, 1.54) is 0 Å². The molecule has 4 rings (SSSR count). The van der Waals surface area contributed by atoms with Gasteiger partial charge in [-0.05, 0) is 107 Å². The average Bonchev–Trinajstić information content (AvgIpc) is 3.90. The minimum atomic E-state index is -3.50. The minimum Gasteiger partial charge on any atom is -0.268 e. The highest BCUT2D eigenvalue weighted by molar-refractivity contribution is 7.90. The predicted molar refractivity (Wildman–Crippen MR) is 217 cm³/mol. The van der Waals surface area contributed by atoms with Crippen LogP contribution in [0.1, 0.15) is 102 Å². The molecule has 0 amide bonds. The molecule has 56 heavy (non-hydrogen) atoms. The topological polar surface area (TPSA) is 312 Å². The number of aryl methyl sites for hydroxylation is 4. The summed E-state index contributed by atoms with van der Waals surface area (Å²) < 4.78 is 95.2. The number of rotatable bonds is 12. The van der Waals surface area contributed by atoms with Crippen LogP contribution >= 0.6 is 0 Å². The van der Waals surface area contributed by atoms with Gasteiger partial charge in [-0.25, -0.2) is 54.2 Å². The van der Waals surface area contributed by atoms with Crippen molar-refractivity contribution in [1.29, 1.82) is 0 Å². The number of sulfonamides is 4. The lowest BCUT2D eigenvalue weighted by molar-refractivity contribution is 0.463. The Morgan fingerprint density at radius 2 is 0.518 bits per heavy atom. The van der Waals surface area contributed by atoms with E-state index in [0.29, 0.717) is 0 Å². The molecule has 0 unspecified atom stereocenters. The smallest absolute Gasteiger partial charge is 0.213 e. The Bertz CT molecular complexity index is 1960. The van der Waals surface area contributed by atoms with E-state index in [1.54, 1.807) is 98.9 Å². The summed E-state index contributed by atoms with van der Waals surface area (Å²) in [6.07, 6.45) is 7.01. The second kappa shape index (κ2) is 20.3. The Kier molecular flexibility index (Phi) is 18.3. The zero-order valence-corrected chi connectivity index (χ0v) is 37.3. The molecule has 4 heterocycles. The van der Waals surface area contributed by atoms with Crippen LogP contribution in [0.25, 0.3) is 0 Å². The van der Waals surface area contributed by atoms with E-state index in [1.807, 2.05) is 52.0 Å². The maximum atomic E-state index is 11.1. The van der Waals surface area contributed by atoms with E-state index < -0.39 is 61.1 Å². The molecular formula is C32H60N12O8S4. The molecule has 320 valence electrons. The molecule has 0 aliphatic carbocycles. The molecular weight excluding hydrogens is 809 g/mol. The molecule has 20 nitrogen and oxygen atoms in total. The Hall–Kier alpha value is -3.52. The van der Waals surface area contributed by atoms with Gasteiger partial charge in [-0.2, -0.15) is 20.4 Å². The van der Waals surface area contributed by atoms with Crippen LogP contribution in [-0.2, 0) is 40.1 Å². The molecule has 0 aliphatic heterocycles. The van der Waals surface area contributed by atoms with Gasteiger partial charge in [0.15, 0.2) is 0 Å². The van der Waals surface area contributed by atoms with Crippen molar-refractivity contribution in [2.24, 2.45) is 20.6 Å². The molecule has 0 bridgehead atoms. The van der Waals surface area contributed by atoms with Crippen LogP contribution < -0.4 is 20.6 Å². The van der Waals surface area contributed by atoms with Crippen molar-refractivity contribution in [1.82, 2.24) is 39.1 Å². The van der Waals surface area contributed by atoms with Crippen molar-refractivity contribution in [2.45, 2.75) is 128 Å². The quantitative estimate of drug-likeness (QED) is 0.158. The fourth-order valence-corrected chi connectivity index (χ4v) is 7.29. The Labute approximate surface area is 332 Å². The number of aromatic nitrogens is 8. The maximum absolute atomic E-state index is 11.1. The second-order valence-electron chi connectivity index (χ2n) is 13.9. The molecule has 0 aliphatic rings. The van der Waals surface area contributed by atoms with Gasteiger partial charge in [0, 0.05) is 24.8 Å². The van der Waals surface area contributed by atoms with Gasteiger partial charge in [0.25, 0.3) is 0 Å². The average molecular weight is 869 g/mol. The lowest BCUT2D eigenvalue weighted by Crippen LogP contribution is -2.33. The maximum Gasteiger partial charge on any atom is 0.213 e. The van der Waals surface area contributed by atoms with Gasteiger partial charge in [-0.1, -0.05) is 0 Å². The minimum absolute atomic E-state index is 0.251. The van der Waals surface area contributed by atoms with Gasteiger partial charge in [0.2, 0.25) is 40.1 Å². The van der Waals surface area contributed by atoms with Gasteiger partial charge in [-0.3, -0.25) is 18.7 Å². The van der Waals surface area contributed by atoms with Gasteiger partial charge in [-0.15, -0.1) is 0 Å².